The second-order valence-electron chi connectivity index (χ2n) is 7.88. The molecule has 1 atom stereocenters. The number of allylic oxidation sites excluding steroid dienone is 2. The highest BCUT2D eigenvalue weighted by molar-refractivity contribution is 6.19. The third kappa shape index (κ3) is 3.30. The molecular formula is C26H22N4O2. The Hall–Kier alpha value is -4.06. The van der Waals surface area contributed by atoms with E-state index in [-0.39, 0.29) is 17.4 Å². The third-order valence-corrected chi connectivity index (χ3v) is 5.98. The summed E-state index contributed by atoms with van der Waals surface area (Å²) in [5.74, 6) is -0.392. The zero-order valence-corrected chi connectivity index (χ0v) is 17.4. The minimum atomic E-state index is -0.563. The molecule has 0 bridgehead atoms. The molecule has 158 valence electrons. The summed E-state index contributed by atoms with van der Waals surface area (Å²) >= 11 is 0. The van der Waals surface area contributed by atoms with Crippen molar-refractivity contribution in [3.05, 3.63) is 107 Å². The maximum Gasteiger partial charge on any atom is 0.161 e. The normalized spacial score (nSPS) is 20.2. The van der Waals surface area contributed by atoms with Gasteiger partial charge in [-0.2, -0.15) is 0 Å². The van der Waals surface area contributed by atoms with Crippen molar-refractivity contribution in [3.63, 3.8) is 0 Å². The van der Waals surface area contributed by atoms with Crippen LogP contribution in [0.4, 0.5) is 5.69 Å². The van der Waals surface area contributed by atoms with Crippen molar-refractivity contribution in [1.82, 2.24) is 9.97 Å². The van der Waals surface area contributed by atoms with Gasteiger partial charge in [0.25, 0.3) is 0 Å². The smallest absolute Gasteiger partial charge is 0.161 e. The predicted octanol–water partition coefficient (Wildman–Crippen LogP) is 5.03. The van der Waals surface area contributed by atoms with Gasteiger partial charge in [-0.25, -0.2) is 0 Å². The van der Waals surface area contributed by atoms with Crippen molar-refractivity contribution in [1.29, 1.82) is 5.41 Å². The minimum Gasteiger partial charge on any atom is -0.507 e. The Morgan fingerprint density at radius 2 is 1.72 bits per heavy atom. The van der Waals surface area contributed by atoms with Crippen LogP contribution in [-0.4, -0.2) is 26.7 Å². The lowest BCUT2D eigenvalue weighted by Gasteiger charge is -2.41. The molecule has 3 aromatic rings. The largest absolute Gasteiger partial charge is 0.507 e. The molecule has 0 amide bonds. The predicted molar refractivity (Wildman–Crippen MR) is 123 cm³/mol. The topological polar surface area (TPSA) is 90.2 Å². The molecule has 6 nitrogen and oxygen atoms in total. The number of anilines is 1. The number of nitrogens with zero attached hydrogens (tertiary/aromatic N) is 3. The van der Waals surface area contributed by atoms with E-state index in [0.29, 0.717) is 35.2 Å². The van der Waals surface area contributed by atoms with Gasteiger partial charge in [0.05, 0.1) is 11.9 Å². The third-order valence-electron chi connectivity index (χ3n) is 5.98. The molecule has 0 spiro atoms. The summed E-state index contributed by atoms with van der Waals surface area (Å²) in [5.41, 5.74) is 3.90. The molecule has 2 N–H and O–H groups in total. The molecule has 0 radical (unpaired) electrons. The van der Waals surface area contributed by atoms with E-state index >= 15 is 0 Å². The van der Waals surface area contributed by atoms with Gasteiger partial charge in [0.15, 0.2) is 5.78 Å². The molecular weight excluding hydrogens is 400 g/mol. The highest BCUT2D eigenvalue weighted by atomic mass is 16.3. The van der Waals surface area contributed by atoms with E-state index < -0.39 is 5.92 Å². The lowest BCUT2D eigenvalue weighted by Crippen LogP contribution is -2.42. The second kappa shape index (κ2) is 8.23. The molecule has 5 rings (SSSR count). The summed E-state index contributed by atoms with van der Waals surface area (Å²) in [6, 6.07) is 16.5. The van der Waals surface area contributed by atoms with Gasteiger partial charge in [-0.3, -0.25) is 25.1 Å². The molecule has 32 heavy (non-hydrogen) atoms. The van der Waals surface area contributed by atoms with Crippen molar-refractivity contribution in [2.75, 3.05) is 4.90 Å². The van der Waals surface area contributed by atoms with E-state index in [1.165, 1.54) is 0 Å². The van der Waals surface area contributed by atoms with E-state index in [0.717, 1.165) is 17.7 Å². The van der Waals surface area contributed by atoms with Crippen molar-refractivity contribution >= 4 is 23.1 Å². The minimum absolute atomic E-state index is 0.0109. The van der Waals surface area contributed by atoms with Crippen LogP contribution in [0.15, 0.2) is 96.2 Å². The van der Waals surface area contributed by atoms with E-state index in [1.807, 2.05) is 36.4 Å². The Kier molecular flexibility index (Phi) is 5.11. The fraction of sp³-hybridized carbons (Fsp3) is 0.154. The van der Waals surface area contributed by atoms with Gasteiger partial charge in [0.2, 0.25) is 0 Å². The van der Waals surface area contributed by atoms with Crippen LogP contribution in [0.1, 0.15) is 36.3 Å². The van der Waals surface area contributed by atoms with Crippen LogP contribution in [0.2, 0.25) is 0 Å². The highest BCUT2D eigenvalue weighted by Gasteiger charge is 2.43. The molecule has 3 heterocycles. The molecule has 1 aromatic carbocycles. The summed E-state index contributed by atoms with van der Waals surface area (Å²) in [6.07, 6.45) is 8.60. The van der Waals surface area contributed by atoms with E-state index in [1.54, 1.807) is 47.9 Å². The number of benzene rings is 1. The zero-order valence-electron chi connectivity index (χ0n) is 17.4. The number of nitrogens with one attached hydrogen (secondary N) is 1. The van der Waals surface area contributed by atoms with Gasteiger partial charge < -0.3 is 5.11 Å². The maximum absolute atomic E-state index is 13.3. The number of pyridine rings is 2. The van der Waals surface area contributed by atoms with Crippen LogP contribution in [-0.2, 0) is 4.79 Å². The van der Waals surface area contributed by atoms with E-state index in [9.17, 15) is 15.3 Å². The first kappa shape index (κ1) is 19.9. The number of Topliss-reactive ketones (excluding diaryl/α,β-unsaturated/α-hetero) is 1. The average Bonchev–Trinajstić information content (AvgIpc) is 2.85. The molecule has 0 fully saturated rings. The molecule has 0 saturated heterocycles. The molecule has 2 aliphatic rings. The number of amidine groups is 1. The zero-order chi connectivity index (χ0) is 22.1. The Morgan fingerprint density at radius 3 is 2.41 bits per heavy atom. The Bertz CT molecular complexity index is 1230. The first-order valence-electron chi connectivity index (χ1n) is 10.6. The molecule has 6 heteroatoms. The quantitative estimate of drug-likeness (QED) is 0.578. The number of hydrogen-bond donors (Lipinski definition) is 2. The van der Waals surface area contributed by atoms with Crippen molar-refractivity contribution < 1.29 is 9.90 Å². The van der Waals surface area contributed by atoms with Gasteiger partial charge in [0, 0.05) is 53.3 Å². The van der Waals surface area contributed by atoms with Gasteiger partial charge in [-0.05, 0) is 36.6 Å². The number of carbonyl (C=O) groups excluding carboxylic acids is 1. The standard InChI is InChI=1S/C26H22N4O2/c27-26-24(25(32)17-7-2-1-3-8-17)22(18-9-5-13-28-15-18)23-20(11-4-12-21(23)31)30(26)19-10-6-14-29-16-19/h1-3,5-10,13-16,22,27,32H,4,11-12H2/t22-/m1/s1. The summed E-state index contributed by atoms with van der Waals surface area (Å²) in [7, 11) is 0. The van der Waals surface area contributed by atoms with Crippen molar-refractivity contribution in [2.45, 2.75) is 25.2 Å². The number of ketones is 1. The second-order valence-corrected chi connectivity index (χ2v) is 7.88. The fourth-order valence-electron chi connectivity index (χ4n) is 4.59. The van der Waals surface area contributed by atoms with E-state index in [4.69, 9.17) is 0 Å². The monoisotopic (exact) mass is 422 g/mol. The highest BCUT2D eigenvalue weighted by Crippen LogP contribution is 2.47. The number of carbonyl (C=O) groups is 1. The number of aliphatic hydroxyl groups is 1. The van der Waals surface area contributed by atoms with Gasteiger partial charge >= 0.3 is 0 Å². The summed E-state index contributed by atoms with van der Waals surface area (Å²) in [4.78, 5) is 23.6. The molecule has 0 unspecified atom stereocenters. The van der Waals surface area contributed by atoms with E-state index in [2.05, 4.69) is 9.97 Å². The van der Waals surface area contributed by atoms with Crippen molar-refractivity contribution in [2.24, 2.45) is 0 Å². The average molecular weight is 422 g/mol. The Labute approximate surface area is 186 Å². The Morgan fingerprint density at radius 1 is 0.969 bits per heavy atom. The van der Waals surface area contributed by atoms with Crippen LogP contribution < -0.4 is 4.90 Å². The molecule has 0 saturated carbocycles. The van der Waals surface area contributed by atoms with Gasteiger partial charge in [-0.15, -0.1) is 0 Å². The lowest BCUT2D eigenvalue weighted by atomic mass is 9.74. The number of aliphatic hydroxyl groups excluding tert-OH is 1. The molecule has 2 aromatic heterocycles. The summed E-state index contributed by atoms with van der Waals surface area (Å²) in [6.45, 7) is 0. The Balaban J connectivity index is 1.83. The number of hydrogen-bond acceptors (Lipinski definition) is 5. The maximum atomic E-state index is 13.3. The van der Waals surface area contributed by atoms with Gasteiger partial charge in [0.1, 0.15) is 11.6 Å². The lowest BCUT2D eigenvalue weighted by molar-refractivity contribution is -0.116. The van der Waals surface area contributed by atoms with Crippen LogP contribution >= 0.6 is 0 Å². The van der Waals surface area contributed by atoms with Gasteiger partial charge in [-0.1, -0.05) is 36.4 Å². The summed E-state index contributed by atoms with van der Waals surface area (Å²) < 4.78 is 0. The SMILES string of the molecule is N=C1C(=C(O)c2ccccc2)[C@H](c2cccnc2)C2=C(CCCC2=O)N1c1cccnc1. The van der Waals surface area contributed by atoms with Crippen LogP contribution in [0.25, 0.3) is 5.76 Å². The number of rotatable bonds is 3. The van der Waals surface area contributed by atoms with Crippen LogP contribution in [0, 0.1) is 5.41 Å². The summed E-state index contributed by atoms with van der Waals surface area (Å²) in [5, 5.41) is 20.6. The molecule has 1 aliphatic heterocycles. The molecule has 1 aliphatic carbocycles. The first-order chi connectivity index (χ1) is 15.7. The van der Waals surface area contributed by atoms with Crippen molar-refractivity contribution in [3.8, 4) is 0 Å². The first-order valence-corrected chi connectivity index (χ1v) is 10.6. The van der Waals surface area contributed by atoms with Crippen LogP contribution in [0.5, 0.6) is 0 Å². The number of aromatic nitrogens is 2. The van der Waals surface area contributed by atoms with Crippen LogP contribution in [0.3, 0.4) is 0 Å². The fourth-order valence-corrected chi connectivity index (χ4v) is 4.59.